The fourth-order valence-electron chi connectivity index (χ4n) is 2.63. The minimum Gasteiger partial charge on any atom is -0.331 e. The molecule has 5 N–H and O–H groups in total. The van der Waals surface area contributed by atoms with Crippen LogP contribution in [-0.2, 0) is 4.79 Å². The summed E-state index contributed by atoms with van der Waals surface area (Å²) in [5, 5.41) is 3.33. The molecule has 0 aromatic heterocycles. The monoisotopic (exact) mass is 355 g/mol. The van der Waals surface area contributed by atoms with Gasteiger partial charge in [-0.1, -0.05) is 48.0 Å². The smallest absolute Gasteiger partial charge is 0.256 e. The summed E-state index contributed by atoms with van der Waals surface area (Å²) in [6, 6.07) is 17.6. The molecule has 0 aliphatic carbocycles. The van der Waals surface area contributed by atoms with Crippen molar-refractivity contribution < 1.29 is 4.79 Å². The Kier molecular flexibility index (Phi) is 5.60. The van der Waals surface area contributed by atoms with Crippen LogP contribution in [0.4, 0.5) is 5.69 Å². The highest BCUT2D eigenvalue weighted by atomic mass is 32.1. The first kappa shape index (κ1) is 17.3. The SMILES string of the molecule is Cc1ccc(C2CC(C(=O)NNC(=S)Nc3ccccc3)NN2)cc1. The molecule has 1 saturated heterocycles. The summed E-state index contributed by atoms with van der Waals surface area (Å²) in [6.07, 6.45) is 0.662. The number of anilines is 1. The largest absolute Gasteiger partial charge is 0.331 e. The van der Waals surface area contributed by atoms with Gasteiger partial charge >= 0.3 is 0 Å². The van der Waals surface area contributed by atoms with Crippen LogP contribution in [0.5, 0.6) is 0 Å². The lowest BCUT2D eigenvalue weighted by molar-refractivity contribution is -0.123. The van der Waals surface area contributed by atoms with Crippen LogP contribution in [-0.4, -0.2) is 17.1 Å². The van der Waals surface area contributed by atoms with Crippen LogP contribution in [0, 0.1) is 6.92 Å². The lowest BCUT2D eigenvalue weighted by atomic mass is 10.0. The van der Waals surface area contributed by atoms with Crippen LogP contribution in [0.1, 0.15) is 23.6 Å². The number of para-hydroxylation sites is 1. The van der Waals surface area contributed by atoms with E-state index in [1.165, 1.54) is 5.56 Å². The number of hydrogen-bond acceptors (Lipinski definition) is 4. The van der Waals surface area contributed by atoms with E-state index in [0.717, 1.165) is 11.3 Å². The van der Waals surface area contributed by atoms with Gasteiger partial charge in [0.25, 0.3) is 5.91 Å². The molecular formula is C18H21N5OS. The summed E-state index contributed by atoms with van der Waals surface area (Å²) < 4.78 is 0. The molecule has 0 spiro atoms. The summed E-state index contributed by atoms with van der Waals surface area (Å²) in [5.74, 6) is -0.167. The highest BCUT2D eigenvalue weighted by molar-refractivity contribution is 7.80. The van der Waals surface area contributed by atoms with Crippen molar-refractivity contribution in [1.82, 2.24) is 21.7 Å². The molecule has 1 aliphatic rings. The number of aryl methyl sites for hydroxylation is 1. The van der Waals surface area contributed by atoms with E-state index in [2.05, 4.69) is 58.2 Å². The normalized spacial score (nSPS) is 19.2. The van der Waals surface area contributed by atoms with Crippen molar-refractivity contribution in [3.8, 4) is 0 Å². The number of nitrogens with one attached hydrogen (secondary N) is 5. The van der Waals surface area contributed by atoms with Crippen LogP contribution in [0.25, 0.3) is 0 Å². The zero-order chi connectivity index (χ0) is 17.6. The number of rotatable bonds is 3. The number of carbonyl (C=O) groups is 1. The van der Waals surface area contributed by atoms with Crippen LogP contribution in [0.15, 0.2) is 54.6 Å². The second kappa shape index (κ2) is 8.06. The topological polar surface area (TPSA) is 77.2 Å². The molecular weight excluding hydrogens is 334 g/mol. The number of carbonyl (C=O) groups excluding carboxylic acids is 1. The number of amides is 1. The molecule has 0 radical (unpaired) electrons. The summed E-state index contributed by atoms with van der Waals surface area (Å²) >= 11 is 5.17. The van der Waals surface area contributed by atoms with Gasteiger partial charge in [-0.3, -0.25) is 15.6 Å². The summed E-state index contributed by atoms with van der Waals surface area (Å²) in [5.41, 5.74) is 14.8. The van der Waals surface area contributed by atoms with Gasteiger partial charge in [0.05, 0.1) is 0 Å². The van der Waals surface area contributed by atoms with Gasteiger partial charge in [-0.05, 0) is 43.3 Å². The van der Waals surface area contributed by atoms with E-state index in [9.17, 15) is 4.79 Å². The number of benzene rings is 2. The quantitative estimate of drug-likeness (QED) is 0.428. The lowest BCUT2D eigenvalue weighted by Crippen LogP contribution is -2.51. The Morgan fingerprint density at radius 2 is 1.76 bits per heavy atom. The van der Waals surface area contributed by atoms with E-state index < -0.39 is 0 Å². The molecule has 2 atom stereocenters. The van der Waals surface area contributed by atoms with Gasteiger partial charge in [-0.2, -0.15) is 0 Å². The molecule has 0 bridgehead atoms. The third kappa shape index (κ3) is 4.76. The zero-order valence-electron chi connectivity index (χ0n) is 13.9. The fraction of sp³-hybridized carbons (Fsp3) is 0.222. The fourth-order valence-corrected chi connectivity index (χ4v) is 2.80. The minimum absolute atomic E-state index is 0.103. The Balaban J connectivity index is 1.46. The van der Waals surface area contributed by atoms with Crippen molar-refractivity contribution in [2.24, 2.45) is 0 Å². The van der Waals surface area contributed by atoms with Crippen molar-refractivity contribution in [3.05, 3.63) is 65.7 Å². The van der Waals surface area contributed by atoms with Crippen LogP contribution in [0.2, 0.25) is 0 Å². The van der Waals surface area contributed by atoms with Gasteiger partial charge in [-0.25, -0.2) is 10.9 Å². The number of thiocarbonyl (C=S) groups is 1. The van der Waals surface area contributed by atoms with Crippen molar-refractivity contribution in [2.45, 2.75) is 25.4 Å². The molecule has 0 saturated carbocycles. The minimum atomic E-state index is -0.335. The summed E-state index contributed by atoms with van der Waals surface area (Å²) in [4.78, 5) is 12.3. The van der Waals surface area contributed by atoms with E-state index >= 15 is 0 Å². The van der Waals surface area contributed by atoms with Crippen molar-refractivity contribution >= 4 is 28.9 Å². The Hall–Kier alpha value is -2.48. The first-order chi connectivity index (χ1) is 12.1. The first-order valence-corrected chi connectivity index (χ1v) is 8.52. The van der Waals surface area contributed by atoms with E-state index in [1.807, 2.05) is 30.3 Å². The lowest BCUT2D eigenvalue weighted by Gasteiger charge is -2.14. The second-order valence-electron chi connectivity index (χ2n) is 5.97. The van der Waals surface area contributed by atoms with Gasteiger partial charge in [0.1, 0.15) is 6.04 Å². The van der Waals surface area contributed by atoms with E-state index in [1.54, 1.807) is 0 Å². The van der Waals surface area contributed by atoms with E-state index in [0.29, 0.717) is 11.5 Å². The first-order valence-electron chi connectivity index (χ1n) is 8.11. The maximum absolute atomic E-state index is 12.3. The highest BCUT2D eigenvalue weighted by Crippen LogP contribution is 2.22. The van der Waals surface area contributed by atoms with Crippen LogP contribution in [0.3, 0.4) is 0 Å². The molecule has 25 heavy (non-hydrogen) atoms. The average molecular weight is 355 g/mol. The summed E-state index contributed by atoms with van der Waals surface area (Å²) in [6.45, 7) is 2.05. The molecule has 3 rings (SSSR count). The third-order valence-corrected chi connectivity index (χ3v) is 4.23. The molecule has 2 aromatic carbocycles. The predicted octanol–water partition coefficient (Wildman–Crippen LogP) is 1.92. The van der Waals surface area contributed by atoms with Gasteiger partial charge in [-0.15, -0.1) is 0 Å². The standard InChI is InChI=1S/C18H21N5OS/c1-12-7-9-13(10-8-12)15-11-16(21-20-15)17(24)22-23-18(25)19-14-5-3-2-4-6-14/h2-10,15-16,20-21H,11H2,1H3,(H,22,24)(H2,19,23,25). The van der Waals surface area contributed by atoms with Crippen LogP contribution >= 0.6 is 12.2 Å². The maximum Gasteiger partial charge on any atom is 0.256 e. The Labute approximate surface area is 152 Å². The van der Waals surface area contributed by atoms with Crippen molar-refractivity contribution in [3.63, 3.8) is 0 Å². The van der Waals surface area contributed by atoms with Gasteiger partial charge in [0.2, 0.25) is 0 Å². The van der Waals surface area contributed by atoms with Crippen molar-refractivity contribution in [1.29, 1.82) is 0 Å². The van der Waals surface area contributed by atoms with E-state index in [-0.39, 0.29) is 18.0 Å². The second-order valence-corrected chi connectivity index (χ2v) is 6.38. The predicted molar refractivity (Wildman–Crippen MR) is 103 cm³/mol. The molecule has 1 amide bonds. The zero-order valence-corrected chi connectivity index (χ0v) is 14.7. The Morgan fingerprint density at radius 1 is 1.04 bits per heavy atom. The molecule has 6 nitrogen and oxygen atoms in total. The van der Waals surface area contributed by atoms with Crippen LogP contribution < -0.4 is 27.0 Å². The Morgan fingerprint density at radius 3 is 2.48 bits per heavy atom. The molecule has 1 aliphatic heterocycles. The number of hydrogen-bond donors (Lipinski definition) is 5. The van der Waals surface area contributed by atoms with Gasteiger partial charge < -0.3 is 5.32 Å². The Bertz CT molecular complexity index is 735. The molecule has 130 valence electrons. The highest BCUT2D eigenvalue weighted by Gasteiger charge is 2.30. The third-order valence-electron chi connectivity index (χ3n) is 4.03. The maximum atomic E-state index is 12.3. The molecule has 2 aromatic rings. The van der Waals surface area contributed by atoms with Gasteiger partial charge in [0, 0.05) is 11.7 Å². The number of hydrazine groups is 2. The van der Waals surface area contributed by atoms with Gasteiger partial charge in [0.15, 0.2) is 5.11 Å². The van der Waals surface area contributed by atoms with Crippen molar-refractivity contribution in [2.75, 3.05) is 5.32 Å². The molecule has 7 heteroatoms. The molecule has 2 unspecified atom stereocenters. The molecule has 1 fully saturated rings. The summed E-state index contributed by atoms with van der Waals surface area (Å²) in [7, 11) is 0. The molecule has 1 heterocycles. The van der Waals surface area contributed by atoms with E-state index in [4.69, 9.17) is 12.2 Å². The average Bonchev–Trinajstić information content (AvgIpc) is 3.11.